The number of quaternary nitrogens is 1. The standard InChI is InChI=1S/C9H20N/c1-9(2)5-7-10(3,4)8-6-9/h5-8H2,1-4H3/q+1/i5D2,6D2. The van der Waals surface area contributed by atoms with Crippen LogP contribution in [-0.2, 0) is 0 Å². The molecule has 0 unspecified atom stereocenters. The van der Waals surface area contributed by atoms with Gasteiger partial charge in [-0.1, -0.05) is 13.8 Å². The lowest BCUT2D eigenvalue weighted by Crippen LogP contribution is -2.48. The molecule has 1 aliphatic rings. The Morgan fingerprint density at radius 1 is 1.20 bits per heavy atom. The molecule has 1 heteroatoms. The van der Waals surface area contributed by atoms with E-state index in [4.69, 9.17) is 5.48 Å². The smallest absolute Gasteiger partial charge is 0.0787 e. The number of hydrogen-bond acceptors (Lipinski definition) is 0. The molecule has 0 radical (unpaired) electrons. The van der Waals surface area contributed by atoms with Crippen LogP contribution < -0.4 is 0 Å². The molecule has 1 heterocycles. The number of rotatable bonds is 0. The second-order valence-corrected chi connectivity index (χ2v) is 4.23. The fourth-order valence-electron chi connectivity index (χ4n) is 0.942. The van der Waals surface area contributed by atoms with E-state index in [0.29, 0.717) is 17.6 Å². The molecule has 1 saturated heterocycles. The largest absolute Gasteiger partial charge is 0.328 e. The lowest BCUT2D eigenvalue weighted by molar-refractivity contribution is -0.897. The van der Waals surface area contributed by atoms with E-state index in [1.807, 2.05) is 14.1 Å². The van der Waals surface area contributed by atoms with Crippen molar-refractivity contribution >= 4 is 0 Å². The minimum absolute atomic E-state index is 0.375. The van der Waals surface area contributed by atoms with E-state index in [-0.39, 0.29) is 0 Å². The fraction of sp³-hybridized carbons (Fsp3) is 1.00. The Labute approximate surface area is 70.2 Å². The van der Waals surface area contributed by atoms with Crippen molar-refractivity contribution in [2.45, 2.75) is 26.6 Å². The van der Waals surface area contributed by atoms with Crippen molar-refractivity contribution < 1.29 is 9.97 Å². The van der Waals surface area contributed by atoms with Gasteiger partial charge < -0.3 is 4.48 Å². The van der Waals surface area contributed by atoms with E-state index in [1.54, 1.807) is 13.8 Å². The van der Waals surface area contributed by atoms with E-state index in [1.165, 1.54) is 0 Å². The third-order valence-corrected chi connectivity index (χ3v) is 1.90. The first-order chi connectivity index (χ1) is 5.91. The summed E-state index contributed by atoms with van der Waals surface area (Å²) in [4.78, 5) is 0. The zero-order valence-electron chi connectivity index (χ0n) is 11.4. The highest BCUT2D eigenvalue weighted by Crippen LogP contribution is 2.31. The van der Waals surface area contributed by atoms with Crippen LogP contribution in [-0.4, -0.2) is 31.7 Å². The number of hydrogen-bond donors (Lipinski definition) is 0. The third-order valence-electron chi connectivity index (χ3n) is 1.90. The minimum atomic E-state index is -1.46. The van der Waals surface area contributed by atoms with Crippen LogP contribution in [0.3, 0.4) is 0 Å². The molecule has 1 fully saturated rings. The van der Waals surface area contributed by atoms with Gasteiger partial charge in [0, 0.05) is 18.2 Å². The van der Waals surface area contributed by atoms with Crippen LogP contribution in [0.4, 0.5) is 0 Å². The topological polar surface area (TPSA) is 0 Å². The van der Waals surface area contributed by atoms with Crippen molar-refractivity contribution in [1.29, 1.82) is 0 Å². The normalized spacial score (nSPS) is 46.0. The lowest BCUT2D eigenvalue weighted by Gasteiger charge is -2.40. The van der Waals surface area contributed by atoms with Crippen molar-refractivity contribution in [1.82, 2.24) is 0 Å². The lowest BCUT2D eigenvalue weighted by atomic mass is 9.82. The van der Waals surface area contributed by atoms with Crippen LogP contribution in [0, 0.1) is 5.41 Å². The summed E-state index contributed by atoms with van der Waals surface area (Å²) in [5, 5.41) is 0. The van der Waals surface area contributed by atoms with E-state index >= 15 is 0 Å². The summed E-state index contributed by atoms with van der Waals surface area (Å²) in [5.41, 5.74) is -0.923. The summed E-state index contributed by atoms with van der Waals surface area (Å²) in [6.45, 7) is 4.12. The molecule has 0 bridgehead atoms. The van der Waals surface area contributed by atoms with Gasteiger partial charge in [-0.25, -0.2) is 0 Å². The van der Waals surface area contributed by atoms with Crippen LogP contribution in [0.5, 0.6) is 0 Å². The average molecular weight is 146 g/mol. The second kappa shape index (κ2) is 2.23. The summed E-state index contributed by atoms with van der Waals surface area (Å²) in [6.07, 6.45) is -2.92. The maximum atomic E-state index is 7.95. The highest BCUT2D eigenvalue weighted by Gasteiger charge is 2.30. The highest BCUT2D eigenvalue weighted by molar-refractivity contribution is 4.71. The number of piperidine rings is 1. The fourth-order valence-corrected chi connectivity index (χ4v) is 0.942. The van der Waals surface area contributed by atoms with Gasteiger partial charge in [-0.05, 0) is 5.41 Å². The highest BCUT2D eigenvalue weighted by atomic mass is 15.3. The van der Waals surface area contributed by atoms with Crippen LogP contribution in [0.1, 0.15) is 32.1 Å². The molecule has 0 spiro atoms. The van der Waals surface area contributed by atoms with Crippen LogP contribution in [0.15, 0.2) is 0 Å². The Morgan fingerprint density at radius 2 is 1.60 bits per heavy atom. The monoisotopic (exact) mass is 146 g/mol. The van der Waals surface area contributed by atoms with Gasteiger partial charge in [-0.2, -0.15) is 0 Å². The zero-order valence-corrected chi connectivity index (χ0v) is 7.36. The Kier molecular flexibility index (Phi) is 0.914. The summed E-state index contributed by atoms with van der Waals surface area (Å²) in [6, 6.07) is 0. The van der Waals surface area contributed by atoms with Crippen LogP contribution in [0.25, 0.3) is 0 Å². The summed E-state index contributed by atoms with van der Waals surface area (Å²) < 4.78 is 32.2. The van der Waals surface area contributed by atoms with Gasteiger partial charge in [0.1, 0.15) is 0 Å². The van der Waals surface area contributed by atoms with Gasteiger partial charge in [0.15, 0.2) is 0 Å². The average Bonchev–Trinajstić information content (AvgIpc) is 1.77. The van der Waals surface area contributed by atoms with Crippen molar-refractivity contribution in [2.24, 2.45) is 5.41 Å². The van der Waals surface area contributed by atoms with E-state index in [2.05, 4.69) is 0 Å². The van der Waals surface area contributed by atoms with Gasteiger partial charge in [0.25, 0.3) is 0 Å². The molecule has 0 aromatic rings. The Bertz CT molecular complexity index is 223. The molecule has 60 valence electrons. The minimum Gasteiger partial charge on any atom is -0.328 e. The van der Waals surface area contributed by atoms with Gasteiger partial charge >= 0.3 is 0 Å². The SMILES string of the molecule is [2H]C1([2H])C[N+](C)(C)CC([2H])([2H])C1(C)C. The first kappa shape index (κ1) is 4.10. The molecule has 1 nitrogen and oxygen atoms in total. The molecule has 0 saturated carbocycles. The molecule has 0 aliphatic carbocycles. The van der Waals surface area contributed by atoms with Crippen molar-refractivity contribution in [3.63, 3.8) is 0 Å². The predicted molar refractivity (Wildman–Crippen MR) is 44.9 cm³/mol. The van der Waals surface area contributed by atoms with Gasteiger partial charge in [0.05, 0.1) is 27.2 Å². The Morgan fingerprint density at radius 3 is 2.00 bits per heavy atom. The third kappa shape index (κ3) is 1.98. The molecule has 1 aliphatic heterocycles. The maximum absolute atomic E-state index is 7.95. The van der Waals surface area contributed by atoms with E-state index in [0.717, 1.165) is 0 Å². The van der Waals surface area contributed by atoms with E-state index < -0.39 is 18.2 Å². The van der Waals surface area contributed by atoms with Gasteiger partial charge in [-0.3, -0.25) is 0 Å². The summed E-state index contributed by atoms with van der Waals surface area (Å²) in [5.74, 6) is 0. The molecule has 10 heavy (non-hydrogen) atoms. The Hall–Kier alpha value is -0.0400. The molecule has 0 aromatic heterocycles. The van der Waals surface area contributed by atoms with Crippen molar-refractivity contribution in [2.75, 3.05) is 27.2 Å². The summed E-state index contributed by atoms with van der Waals surface area (Å²) >= 11 is 0. The van der Waals surface area contributed by atoms with Crippen molar-refractivity contribution in [3.05, 3.63) is 0 Å². The van der Waals surface area contributed by atoms with E-state index in [9.17, 15) is 0 Å². The molecule has 0 aromatic carbocycles. The van der Waals surface area contributed by atoms with Crippen LogP contribution in [0.2, 0.25) is 0 Å². The van der Waals surface area contributed by atoms with Crippen LogP contribution >= 0.6 is 0 Å². The summed E-state index contributed by atoms with van der Waals surface area (Å²) in [7, 11) is 3.76. The first-order valence-corrected chi connectivity index (χ1v) is 3.73. The molecule has 0 N–H and O–H groups in total. The quantitative estimate of drug-likeness (QED) is 0.458. The Balaban J connectivity index is 3.13. The molecule has 1 rings (SSSR count). The van der Waals surface area contributed by atoms with Crippen molar-refractivity contribution in [3.8, 4) is 0 Å². The molecule has 0 amide bonds. The number of likely N-dealkylation sites (tertiary alicyclic amines) is 1. The molecule has 0 atom stereocenters. The van der Waals surface area contributed by atoms with Gasteiger partial charge in [0.2, 0.25) is 0 Å². The molecular weight excluding hydrogens is 122 g/mol. The maximum Gasteiger partial charge on any atom is 0.0787 e. The zero-order chi connectivity index (χ0) is 11.4. The molecular formula is C9H20N+. The second-order valence-electron chi connectivity index (χ2n) is 4.23. The predicted octanol–water partition coefficient (Wildman–Crippen LogP) is 1.88. The number of nitrogens with zero attached hydrogens (tertiary/aromatic N) is 1. The first-order valence-electron chi connectivity index (χ1n) is 5.73. The van der Waals surface area contributed by atoms with Gasteiger partial charge in [-0.15, -0.1) is 0 Å².